The van der Waals surface area contributed by atoms with E-state index < -0.39 is 0 Å². The molecule has 7 heteroatoms. The van der Waals surface area contributed by atoms with E-state index in [0.29, 0.717) is 27.5 Å². The molecule has 0 radical (unpaired) electrons. The van der Waals surface area contributed by atoms with E-state index in [2.05, 4.69) is 15.3 Å². The van der Waals surface area contributed by atoms with Crippen molar-refractivity contribution in [1.82, 2.24) is 15.3 Å². The van der Waals surface area contributed by atoms with Crippen LogP contribution >= 0.6 is 11.3 Å². The molecule has 1 unspecified atom stereocenters. The Bertz CT molecular complexity index is 649. The zero-order valence-corrected chi connectivity index (χ0v) is 12.0. The molecule has 0 bridgehead atoms. The molecule has 3 rings (SSSR count). The number of nitrogens with zero attached hydrogens (tertiary/aromatic N) is 2. The van der Waals surface area contributed by atoms with Crippen molar-refractivity contribution in [3.8, 4) is 0 Å². The van der Waals surface area contributed by atoms with Gasteiger partial charge in [-0.15, -0.1) is 11.3 Å². The third-order valence-electron chi connectivity index (χ3n) is 3.49. The maximum absolute atomic E-state index is 12.2. The number of carbonyl (C=O) groups is 1. The van der Waals surface area contributed by atoms with Crippen LogP contribution in [0.3, 0.4) is 0 Å². The van der Waals surface area contributed by atoms with Gasteiger partial charge < -0.3 is 15.8 Å². The number of hydrogen-bond donors (Lipinski definition) is 2. The fourth-order valence-electron chi connectivity index (χ4n) is 2.34. The summed E-state index contributed by atoms with van der Waals surface area (Å²) < 4.78 is 5.65. The number of thiophene rings is 1. The Morgan fingerprint density at radius 2 is 2.35 bits per heavy atom. The van der Waals surface area contributed by atoms with Gasteiger partial charge in [-0.05, 0) is 19.8 Å². The summed E-state index contributed by atoms with van der Waals surface area (Å²) in [6.45, 7) is 3.25. The minimum absolute atomic E-state index is 0.191. The van der Waals surface area contributed by atoms with Crippen molar-refractivity contribution >= 4 is 33.3 Å². The molecule has 1 amide bonds. The molecule has 0 saturated carbocycles. The van der Waals surface area contributed by atoms with Crippen molar-refractivity contribution in [3.05, 3.63) is 17.3 Å². The van der Waals surface area contributed by atoms with Crippen LogP contribution in [-0.4, -0.2) is 34.6 Å². The second kappa shape index (κ2) is 4.99. The number of nitrogens with two attached hydrogens (primary N) is 1. The minimum Gasteiger partial charge on any atom is -0.396 e. The van der Waals surface area contributed by atoms with E-state index in [1.54, 1.807) is 12.4 Å². The van der Waals surface area contributed by atoms with Crippen LogP contribution in [0.5, 0.6) is 0 Å². The number of rotatable bonds is 3. The number of hydrogen-bond acceptors (Lipinski definition) is 6. The highest BCUT2D eigenvalue weighted by Gasteiger charge is 2.30. The number of nitrogens with one attached hydrogen (secondary N) is 1. The molecule has 3 N–H and O–H groups in total. The third-order valence-corrected chi connectivity index (χ3v) is 4.59. The van der Waals surface area contributed by atoms with E-state index in [1.165, 1.54) is 11.3 Å². The lowest BCUT2D eigenvalue weighted by molar-refractivity contribution is 0.0206. The standard InChI is InChI=1S/C13H16N4O2S/c1-13(3-2-6-19-13)7-17-11(18)10-8(14)9-12(20-10)16-5-4-15-9/h4-5H,2-3,6-7,14H2,1H3,(H,17,18). The fraction of sp³-hybridized carbons (Fsp3) is 0.462. The first-order valence-electron chi connectivity index (χ1n) is 6.50. The van der Waals surface area contributed by atoms with Crippen molar-refractivity contribution < 1.29 is 9.53 Å². The number of nitrogen functional groups attached to an aromatic ring is 1. The molecule has 0 aliphatic carbocycles. The van der Waals surface area contributed by atoms with E-state index in [-0.39, 0.29) is 11.5 Å². The summed E-state index contributed by atoms with van der Waals surface area (Å²) in [7, 11) is 0. The first-order chi connectivity index (χ1) is 9.59. The number of carbonyl (C=O) groups excluding carboxylic acids is 1. The lowest BCUT2D eigenvalue weighted by Gasteiger charge is -2.23. The fourth-order valence-corrected chi connectivity index (χ4v) is 3.27. The normalized spacial score (nSPS) is 22.2. The van der Waals surface area contributed by atoms with Gasteiger partial charge in [-0.25, -0.2) is 9.97 Å². The molecule has 1 aliphatic rings. The monoisotopic (exact) mass is 292 g/mol. The summed E-state index contributed by atoms with van der Waals surface area (Å²) in [5, 5.41) is 2.89. The van der Waals surface area contributed by atoms with Crippen molar-refractivity contribution in [2.24, 2.45) is 0 Å². The van der Waals surface area contributed by atoms with Gasteiger partial charge in [0.25, 0.3) is 5.91 Å². The highest BCUT2D eigenvalue weighted by Crippen LogP contribution is 2.30. The van der Waals surface area contributed by atoms with Crippen LogP contribution < -0.4 is 11.1 Å². The molecule has 3 heterocycles. The van der Waals surface area contributed by atoms with Gasteiger partial charge in [-0.3, -0.25) is 4.79 Å². The Hall–Kier alpha value is -1.73. The molecular formula is C13H16N4O2S. The number of aromatic nitrogens is 2. The molecule has 1 saturated heterocycles. The lowest BCUT2D eigenvalue weighted by Crippen LogP contribution is -2.40. The minimum atomic E-state index is -0.266. The van der Waals surface area contributed by atoms with Crippen molar-refractivity contribution in [3.63, 3.8) is 0 Å². The summed E-state index contributed by atoms with van der Waals surface area (Å²) in [5.41, 5.74) is 6.69. The highest BCUT2D eigenvalue weighted by molar-refractivity contribution is 7.21. The van der Waals surface area contributed by atoms with E-state index in [1.807, 2.05) is 6.92 Å². The molecular weight excluding hydrogens is 276 g/mol. The van der Waals surface area contributed by atoms with Crippen molar-refractivity contribution in [2.45, 2.75) is 25.4 Å². The first kappa shape index (κ1) is 13.3. The third kappa shape index (κ3) is 2.34. The van der Waals surface area contributed by atoms with Gasteiger partial charge in [0, 0.05) is 25.5 Å². The lowest BCUT2D eigenvalue weighted by atomic mass is 10.0. The second-order valence-corrected chi connectivity index (χ2v) is 6.14. The van der Waals surface area contributed by atoms with Gasteiger partial charge in [-0.1, -0.05) is 0 Å². The van der Waals surface area contributed by atoms with Gasteiger partial charge >= 0.3 is 0 Å². The van der Waals surface area contributed by atoms with E-state index in [0.717, 1.165) is 19.4 Å². The SMILES string of the molecule is CC1(CNC(=O)c2sc3nccnc3c2N)CCCO1. The predicted molar refractivity (Wildman–Crippen MR) is 77.8 cm³/mol. The molecule has 1 aliphatic heterocycles. The van der Waals surface area contributed by atoms with E-state index in [4.69, 9.17) is 10.5 Å². The summed E-state index contributed by atoms with van der Waals surface area (Å²) in [4.78, 5) is 21.7. The summed E-state index contributed by atoms with van der Waals surface area (Å²) >= 11 is 1.26. The Kier molecular flexibility index (Phi) is 3.31. The zero-order chi connectivity index (χ0) is 14.2. The molecule has 2 aromatic rings. The van der Waals surface area contributed by atoms with Crippen LogP contribution in [0.25, 0.3) is 10.3 Å². The maximum atomic E-state index is 12.2. The zero-order valence-electron chi connectivity index (χ0n) is 11.2. The molecule has 106 valence electrons. The second-order valence-electron chi connectivity index (χ2n) is 5.14. The number of fused-ring (bicyclic) bond motifs is 1. The van der Waals surface area contributed by atoms with Crippen LogP contribution in [0.1, 0.15) is 29.4 Å². The molecule has 0 spiro atoms. The molecule has 20 heavy (non-hydrogen) atoms. The average molecular weight is 292 g/mol. The molecule has 1 atom stereocenters. The van der Waals surface area contributed by atoms with Gasteiger partial charge in [0.1, 0.15) is 15.2 Å². The number of anilines is 1. The predicted octanol–water partition coefficient (Wildman–Crippen LogP) is 1.57. The van der Waals surface area contributed by atoms with Gasteiger partial charge in [0.15, 0.2) is 0 Å². The van der Waals surface area contributed by atoms with Gasteiger partial charge in [0.05, 0.1) is 11.3 Å². The highest BCUT2D eigenvalue weighted by atomic mass is 32.1. The Morgan fingerprint density at radius 1 is 1.55 bits per heavy atom. The van der Waals surface area contributed by atoms with Crippen LogP contribution in [0.15, 0.2) is 12.4 Å². The molecule has 2 aromatic heterocycles. The summed E-state index contributed by atoms with van der Waals surface area (Å²) in [6.07, 6.45) is 5.15. The smallest absolute Gasteiger partial charge is 0.263 e. The maximum Gasteiger partial charge on any atom is 0.263 e. The van der Waals surface area contributed by atoms with Crippen LogP contribution in [-0.2, 0) is 4.74 Å². The molecule has 1 fully saturated rings. The largest absolute Gasteiger partial charge is 0.396 e. The van der Waals surface area contributed by atoms with Crippen molar-refractivity contribution in [1.29, 1.82) is 0 Å². The van der Waals surface area contributed by atoms with Gasteiger partial charge in [-0.2, -0.15) is 0 Å². The Balaban J connectivity index is 1.77. The van der Waals surface area contributed by atoms with Crippen molar-refractivity contribution in [2.75, 3.05) is 18.9 Å². The number of ether oxygens (including phenoxy) is 1. The Labute approximate surface area is 120 Å². The van der Waals surface area contributed by atoms with Crippen LogP contribution in [0.2, 0.25) is 0 Å². The van der Waals surface area contributed by atoms with Crippen LogP contribution in [0.4, 0.5) is 5.69 Å². The average Bonchev–Trinajstić information content (AvgIpc) is 3.02. The van der Waals surface area contributed by atoms with E-state index >= 15 is 0 Å². The molecule has 6 nitrogen and oxygen atoms in total. The molecule has 0 aromatic carbocycles. The summed E-state index contributed by atoms with van der Waals surface area (Å²) in [5.74, 6) is -0.191. The first-order valence-corrected chi connectivity index (χ1v) is 7.32. The van der Waals surface area contributed by atoms with E-state index in [9.17, 15) is 4.79 Å². The Morgan fingerprint density at radius 3 is 3.05 bits per heavy atom. The van der Waals surface area contributed by atoms with Gasteiger partial charge in [0.2, 0.25) is 0 Å². The topological polar surface area (TPSA) is 90.1 Å². The quantitative estimate of drug-likeness (QED) is 0.896. The van der Waals surface area contributed by atoms with Crippen LogP contribution in [0, 0.1) is 0 Å². The summed E-state index contributed by atoms with van der Waals surface area (Å²) in [6, 6.07) is 0. The number of amides is 1.